The third-order valence-electron chi connectivity index (χ3n) is 4.27. The van der Waals surface area contributed by atoms with E-state index in [0.29, 0.717) is 23.1 Å². The van der Waals surface area contributed by atoms with Gasteiger partial charge in [0.05, 0.1) is 24.4 Å². The van der Waals surface area contributed by atoms with E-state index >= 15 is 0 Å². The minimum absolute atomic E-state index is 0.0777. The summed E-state index contributed by atoms with van der Waals surface area (Å²) in [5.41, 5.74) is 6.60. The van der Waals surface area contributed by atoms with Gasteiger partial charge in [0.2, 0.25) is 10.9 Å². The molecule has 30 heavy (non-hydrogen) atoms. The van der Waals surface area contributed by atoms with Crippen molar-refractivity contribution in [3.63, 3.8) is 0 Å². The van der Waals surface area contributed by atoms with Crippen molar-refractivity contribution in [3.05, 3.63) is 52.8 Å². The number of nitrogens with zero attached hydrogens (tertiary/aromatic N) is 3. The fraction of sp³-hybridized carbons (Fsp3) is 0.400. The number of carbonyl (C=O) groups is 2. The summed E-state index contributed by atoms with van der Waals surface area (Å²) in [6, 6.07) is 9.13. The summed E-state index contributed by atoms with van der Waals surface area (Å²) in [7, 11) is 0. The summed E-state index contributed by atoms with van der Waals surface area (Å²) in [6.45, 7) is 5.22. The van der Waals surface area contributed by atoms with E-state index < -0.39 is 11.6 Å². The second-order valence-electron chi connectivity index (χ2n) is 7.43. The van der Waals surface area contributed by atoms with Crippen molar-refractivity contribution in [2.75, 3.05) is 6.61 Å². The largest absolute Gasteiger partial charge is 0.459 e. The zero-order valence-electron chi connectivity index (χ0n) is 17.1. The average Bonchev–Trinajstić information content (AvgIpc) is 3.28. The van der Waals surface area contributed by atoms with Gasteiger partial charge in [-0.1, -0.05) is 30.3 Å². The third kappa shape index (κ3) is 5.41. The molecule has 2 aromatic heterocycles. The van der Waals surface area contributed by atoms with Crippen molar-refractivity contribution in [2.24, 2.45) is 5.73 Å². The number of aromatic nitrogens is 3. The molecule has 0 spiro atoms. The first-order valence-corrected chi connectivity index (χ1v) is 10.3. The zero-order valence-corrected chi connectivity index (χ0v) is 17.9. The van der Waals surface area contributed by atoms with E-state index in [9.17, 15) is 9.59 Å². The molecule has 0 aliphatic heterocycles. The Hall–Kier alpha value is -2.82. The fourth-order valence-electron chi connectivity index (χ4n) is 2.69. The van der Waals surface area contributed by atoms with Crippen molar-refractivity contribution in [1.82, 2.24) is 19.9 Å². The molecule has 1 aromatic carbocycles. The number of nitrogens with two attached hydrogens (primary N) is 1. The Balaban J connectivity index is 1.84. The number of fused-ring (bicyclic) bond motifs is 1. The molecular weight excluding hydrogens is 406 g/mol. The molecule has 1 atom stereocenters. The number of carbonyl (C=O) groups excluding carboxylic acids is 2. The normalized spacial score (nSPS) is 12.7. The maximum Gasteiger partial charge on any atom is 0.303 e. The maximum absolute atomic E-state index is 12.6. The highest BCUT2D eigenvalue weighted by atomic mass is 32.1. The fourth-order valence-corrected chi connectivity index (χ4v) is 3.51. The number of ether oxygens (including phenoxy) is 2. The van der Waals surface area contributed by atoms with Crippen molar-refractivity contribution < 1.29 is 19.1 Å². The molecule has 0 saturated heterocycles. The van der Waals surface area contributed by atoms with Crippen LogP contribution in [-0.2, 0) is 32.3 Å². The highest BCUT2D eigenvalue weighted by Crippen LogP contribution is 2.22. The van der Waals surface area contributed by atoms with Crippen LogP contribution in [0.3, 0.4) is 0 Å². The minimum Gasteiger partial charge on any atom is -0.459 e. The Bertz CT molecular complexity index is 1010. The molecule has 0 aliphatic carbocycles. The molecule has 3 N–H and O–H groups in total. The predicted octanol–water partition coefficient (Wildman–Crippen LogP) is 1.97. The first-order valence-electron chi connectivity index (χ1n) is 9.42. The van der Waals surface area contributed by atoms with Gasteiger partial charge in [0.1, 0.15) is 12.6 Å². The van der Waals surface area contributed by atoms with Crippen LogP contribution in [0.5, 0.6) is 0 Å². The maximum atomic E-state index is 12.6. The van der Waals surface area contributed by atoms with Crippen LogP contribution in [0.15, 0.2) is 35.7 Å². The van der Waals surface area contributed by atoms with Crippen molar-refractivity contribution in [1.29, 1.82) is 0 Å². The van der Waals surface area contributed by atoms with Gasteiger partial charge >= 0.3 is 5.97 Å². The Morgan fingerprint density at radius 1 is 1.23 bits per heavy atom. The van der Waals surface area contributed by atoms with Crippen LogP contribution in [-0.4, -0.2) is 38.6 Å². The first-order chi connectivity index (χ1) is 14.3. The Labute approximate surface area is 178 Å². The number of thiazole rings is 1. The highest BCUT2D eigenvalue weighted by molar-refractivity contribution is 7.15. The van der Waals surface area contributed by atoms with Crippen molar-refractivity contribution >= 4 is 28.2 Å². The van der Waals surface area contributed by atoms with E-state index in [-0.39, 0.29) is 25.1 Å². The second-order valence-corrected chi connectivity index (χ2v) is 8.27. The molecule has 9 nitrogen and oxygen atoms in total. The summed E-state index contributed by atoms with van der Waals surface area (Å²) in [6.07, 6.45) is 0. The van der Waals surface area contributed by atoms with Crippen LogP contribution < -0.4 is 11.1 Å². The van der Waals surface area contributed by atoms with Crippen LogP contribution >= 0.6 is 11.3 Å². The van der Waals surface area contributed by atoms with Crippen LogP contribution in [0.25, 0.3) is 4.96 Å². The van der Waals surface area contributed by atoms with Crippen LogP contribution in [0.4, 0.5) is 0 Å². The number of benzene rings is 1. The van der Waals surface area contributed by atoms with Crippen molar-refractivity contribution in [3.8, 4) is 0 Å². The van der Waals surface area contributed by atoms with Gasteiger partial charge in [0, 0.05) is 12.3 Å². The standard InChI is InChI=1S/C20H25N5O4S/c1-13(26)29-10-15-12-30-19-24-23-17(25(15)19)16(22-18(27)20(2,3)21)11-28-9-14-7-5-4-6-8-14/h4-8,12,16H,9-11,21H2,1-3H3,(H,22,27). The quantitative estimate of drug-likeness (QED) is 0.497. The number of hydrogen-bond acceptors (Lipinski definition) is 8. The van der Waals surface area contributed by atoms with Gasteiger partial charge in [-0.05, 0) is 19.4 Å². The molecule has 2 heterocycles. The number of hydrogen-bond donors (Lipinski definition) is 2. The van der Waals surface area contributed by atoms with Gasteiger partial charge < -0.3 is 20.5 Å². The van der Waals surface area contributed by atoms with E-state index in [1.165, 1.54) is 18.3 Å². The van der Waals surface area contributed by atoms with E-state index in [1.807, 2.05) is 35.7 Å². The Morgan fingerprint density at radius 2 is 1.97 bits per heavy atom. The van der Waals surface area contributed by atoms with E-state index in [0.717, 1.165) is 5.56 Å². The first kappa shape index (κ1) is 21.9. The van der Waals surface area contributed by atoms with E-state index in [1.54, 1.807) is 18.2 Å². The average molecular weight is 432 g/mol. The van der Waals surface area contributed by atoms with E-state index in [4.69, 9.17) is 15.2 Å². The highest BCUT2D eigenvalue weighted by Gasteiger charge is 2.29. The van der Waals surface area contributed by atoms with Crippen LogP contribution in [0.1, 0.15) is 43.9 Å². The van der Waals surface area contributed by atoms with Gasteiger partial charge in [-0.25, -0.2) is 0 Å². The minimum atomic E-state index is -1.07. The lowest BCUT2D eigenvalue weighted by Gasteiger charge is -2.23. The van der Waals surface area contributed by atoms with Gasteiger partial charge in [-0.2, -0.15) is 0 Å². The van der Waals surface area contributed by atoms with Crippen LogP contribution in [0.2, 0.25) is 0 Å². The topological polar surface area (TPSA) is 121 Å². The number of amides is 1. The van der Waals surface area contributed by atoms with Gasteiger partial charge in [-0.15, -0.1) is 21.5 Å². The lowest BCUT2D eigenvalue weighted by Crippen LogP contribution is -2.51. The lowest BCUT2D eigenvalue weighted by atomic mass is 10.1. The predicted molar refractivity (Wildman–Crippen MR) is 112 cm³/mol. The van der Waals surface area contributed by atoms with Gasteiger partial charge in [0.25, 0.3) is 0 Å². The second kappa shape index (κ2) is 9.33. The zero-order chi connectivity index (χ0) is 21.7. The van der Waals surface area contributed by atoms with Crippen molar-refractivity contribution in [2.45, 2.75) is 45.6 Å². The summed E-state index contributed by atoms with van der Waals surface area (Å²) in [5.74, 6) is -0.242. The molecule has 1 amide bonds. The van der Waals surface area contributed by atoms with Crippen LogP contribution in [0, 0.1) is 0 Å². The Morgan fingerprint density at radius 3 is 2.63 bits per heavy atom. The van der Waals surface area contributed by atoms with Gasteiger partial charge in [0.15, 0.2) is 5.82 Å². The molecule has 0 radical (unpaired) electrons. The third-order valence-corrected chi connectivity index (χ3v) is 5.13. The molecule has 1 unspecified atom stereocenters. The SMILES string of the molecule is CC(=O)OCc1csc2nnc(C(COCc3ccccc3)NC(=O)C(C)(C)N)n12. The molecular formula is C20H25N5O4S. The molecule has 0 aliphatic rings. The molecule has 0 saturated carbocycles. The summed E-state index contributed by atoms with van der Waals surface area (Å²) < 4.78 is 12.8. The summed E-state index contributed by atoms with van der Waals surface area (Å²) >= 11 is 1.37. The summed E-state index contributed by atoms with van der Waals surface area (Å²) in [5, 5.41) is 13.2. The number of rotatable bonds is 9. The molecule has 0 fully saturated rings. The molecule has 10 heteroatoms. The molecule has 3 aromatic rings. The monoisotopic (exact) mass is 431 g/mol. The number of nitrogens with one attached hydrogen (secondary N) is 1. The Kier molecular flexibility index (Phi) is 6.80. The lowest BCUT2D eigenvalue weighted by molar-refractivity contribution is -0.142. The number of esters is 1. The molecule has 0 bridgehead atoms. The summed E-state index contributed by atoms with van der Waals surface area (Å²) in [4.78, 5) is 24.4. The molecule has 3 rings (SSSR count). The smallest absolute Gasteiger partial charge is 0.303 e. The van der Waals surface area contributed by atoms with E-state index in [2.05, 4.69) is 15.5 Å². The van der Waals surface area contributed by atoms with Gasteiger partial charge in [-0.3, -0.25) is 14.0 Å². The molecule has 160 valence electrons.